The smallest absolute Gasteiger partial charge is 0.407 e. The fourth-order valence-electron chi connectivity index (χ4n) is 2.11. The normalized spacial score (nSPS) is 12.8. The van der Waals surface area contributed by atoms with E-state index in [2.05, 4.69) is 5.32 Å². The van der Waals surface area contributed by atoms with Gasteiger partial charge in [0.2, 0.25) is 0 Å². The van der Waals surface area contributed by atoms with E-state index in [0.717, 1.165) is 0 Å². The molecule has 134 valence electrons. The highest BCUT2D eigenvalue weighted by Gasteiger charge is 2.28. The molecule has 1 aromatic carbocycles. The van der Waals surface area contributed by atoms with Crippen LogP contribution in [0.3, 0.4) is 0 Å². The molecule has 0 saturated heterocycles. The summed E-state index contributed by atoms with van der Waals surface area (Å²) < 4.78 is 15.4. The average Bonchev–Trinajstić information content (AvgIpc) is 2.54. The molecule has 0 bridgehead atoms. The van der Waals surface area contributed by atoms with Crippen LogP contribution in [0.4, 0.5) is 4.79 Å². The highest BCUT2D eigenvalue weighted by molar-refractivity contribution is 5.75. The Kier molecular flexibility index (Phi) is 7.84. The molecule has 8 heteroatoms. The van der Waals surface area contributed by atoms with Gasteiger partial charge < -0.3 is 29.7 Å². The fraction of sp³-hybridized carbons (Fsp3) is 0.500. The highest BCUT2D eigenvalue weighted by Crippen LogP contribution is 2.28. The molecule has 3 N–H and O–H groups in total. The number of aliphatic carboxylic acids is 1. The summed E-state index contributed by atoms with van der Waals surface area (Å²) in [4.78, 5) is 22.6. The van der Waals surface area contributed by atoms with Crippen molar-refractivity contribution in [2.45, 2.75) is 32.4 Å². The third-order valence-electron chi connectivity index (χ3n) is 3.20. The molecule has 1 amide bonds. The summed E-state index contributed by atoms with van der Waals surface area (Å²) in [7, 11) is 1.51. The molecule has 0 saturated carbocycles. The van der Waals surface area contributed by atoms with E-state index in [4.69, 9.17) is 19.3 Å². The summed E-state index contributed by atoms with van der Waals surface area (Å²) in [5.41, 5.74) is 0.668. The minimum absolute atomic E-state index is 0.0797. The average molecular weight is 341 g/mol. The molecule has 1 rings (SSSR count). The molecular formula is C16H23NO7. The standard InChI is InChI=1S/C16H23NO7/c1-4-23-13-9-10(6-7-12(13)22-3)8-11(14(18)15(19)20)17-16(21)24-5-2/h6-7,9,11,14,18H,4-5,8H2,1-3H3,(H,17,21)(H,19,20). The highest BCUT2D eigenvalue weighted by atomic mass is 16.5. The van der Waals surface area contributed by atoms with Gasteiger partial charge in [-0.15, -0.1) is 0 Å². The van der Waals surface area contributed by atoms with E-state index in [1.54, 1.807) is 25.1 Å². The van der Waals surface area contributed by atoms with E-state index in [0.29, 0.717) is 23.7 Å². The Morgan fingerprint density at radius 1 is 1.21 bits per heavy atom. The van der Waals surface area contributed by atoms with E-state index in [1.165, 1.54) is 7.11 Å². The minimum Gasteiger partial charge on any atom is -0.493 e. The summed E-state index contributed by atoms with van der Waals surface area (Å²) in [5.74, 6) is -0.401. The van der Waals surface area contributed by atoms with E-state index in [1.807, 2.05) is 6.92 Å². The number of methoxy groups -OCH3 is 1. The Hall–Kier alpha value is -2.48. The quantitative estimate of drug-likeness (QED) is 0.618. The van der Waals surface area contributed by atoms with Gasteiger partial charge >= 0.3 is 12.1 Å². The van der Waals surface area contributed by atoms with Gasteiger partial charge in [-0.05, 0) is 38.0 Å². The number of alkyl carbamates (subject to hydrolysis) is 1. The van der Waals surface area contributed by atoms with Crippen LogP contribution in [0.1, 0.15) is 19.4 Å². The first-order valence-corrected chi connectivity index (χ1v) is 7.56. The SMILES string of the molecule is CCOC(=O)NC(Cc1ccc(OC)c(OCC)c1)C(O)C(=O)O. The summed E-state index contributed by atoms with van der Waals surface area (Å²) in [6.45, 7) is 4.02. The molecule has 0 radical (unpaired) electrons. The second-order valence-electron chi connectivity index (χ2n) is 4.88. The van der Waals surface area contributed by atoms with Crippen molar-refractivity contribution in [1.82, 2.24) is 5.32 Å². The van der Waals surface area contributed by atoms with Crippen molar-refractivity contribution in [1.29, 1.82) is 0 Å². The first-order chi connectivity index (χ1) is 11.4. The van der Waals surface area contributed by atoms with Gasteiger partial charge in [-0.2, -0.15) is 0 Å². The number of aliphatic hydroxyl groups excluding tert-OH is 1. The fourth-order valence-corrected chi connectivity index (χ4v) is 2.11. The summed E-state index contributed by atoms with van der Waals surface area (Å²) in [6.07, 6.45) is -2.48. The lowest BCUT2D eigenvalue weighted by atomic mass is 10.0. The Labute approximate surface area is 140 Å². The van der Waals surface area contributed by atoms with Crippen LogP contribution in [-0.2, 0) is 16.0 Å². The molecular weight excluding hydrogens is 318 g/mol. The number of carbonyl (C=O) groups excluding carboxylic acids is 1. The Bertz CT molecular complexity index is 561. The van der Waals surface area contributed by atoms with Crippen molar-refractivity contribution < 1.29 is 34.0 Å². The Balaban J connectivity index is 2.98. The Morgan fingerprint density at radius 2 is 1.92 bits per heavy atom. The number of hydrogen-bond donors (Lipinski definition) is 3. The molecule has 8 nitrogen and oxygen atoms in total. The number of benzene rings is 1. The molecule has 0 aromatic heterocycles. The molecule has 2 unspecified atom stereocenters. The lowest BCUT2D eigenvalue weighted by molar-refractivity contribution is -0.148. The largest absolute Gasteiger partial charge is 0.493 e. The van der Waals surface area contributed by atoms with Crippen molar-refractivity contribution in [3.8, 4) is 11.5 Å². The van der Waals surface area contributed by atoms with Crippen molar-refractivity contribution in [3.05, 3.63) is 23.8 Å². The van der Waals surface area contributed by atoms with Crippen LogP contribution >= 0.6 is 0 Å². The van der Waals surface area contributed by atoms with E-state index >= 15 is 0 Å². The molecule has 0 aliphatic heterocycles. The maximum absolute atomic E-state index is 11.6. The van der Waals surface area contributed by atoms with Crippen LogP contribution < -0.4 is 14.8 Å². The number of hydrogen-bond acceptors (Lipinski definition) is 6. The zero-order chi connectivity index (χ0) is 18.1. The van der Waals surface area contributed by atoms with Gasteiger partial charge in [0.1, 0.15) is 0 Å². The van der Waals surface area contributed by atoms with Gasteiger partial charge in [-0.3, -0.25) is 0 Å². The van der Waals surface area contributed by atoms with Crippen LogP contribution in [0, 0.1) is 0 Å². The van der Waals surface area contributed by atoms with Crippen molar-refractivity contribution in [2.24, 2.45) is 0 Å². The number of aliphatic hydroxyl groups is 1. The predicted molar refractivity (Wildman–Crippen MR) is 85.5 cm³/mol. The van der Waals surface area contributed by atoms with Crippen LogP contribution in [0.15, 0.2) is 18.2 Å². The first kappa shape index (κ1) is 19.6. The molecule has 0 fully saturated rings. The van der Waals surface area contributed by atoms with Gasteiger partial charge in [0.15, 0.2) is 17.6 Å². The van der Waals surface area contributed by atoms with Crippen LogP contribution in [0.5, 0.6) is 11.5 Å². The van der Waals surface area contributed by atoms with E-state index in [9.17, 15) is 14.7 Å². The maximum Gasteiger partial charge on any atom is 0.407 e. The van der Waals surface area contributed by atoms with E-state index in [-0.39, 0.29) is 13.0 Å². The number of amides is 1. The minimum atomic E-state index is -1.77. The lowest BCUT2D eigenvalue weighted by Gasteiger charge is -2.21. The van der Waals surface area contributed by atoms with Crippen LogP contribution in [-0.4, -0.2) is 54.7 Å². The van der Waals surface area contributed by atoms with Crippen molar-refractivity contribution in [3.63, 3.8) is 0 Å². The zero-order valence-corrected chi connectivity index (χ0v) is 13.9. The molecule has 0 aliphatic carbocycles. The third kappa shape index (κ3) is 5.62. The molecule has 0 aliphatic rings. The van der Waals surface area contributed by atoms with Crippen molar-refractivity contribution >= 4 is 12.1 Å². The molecule has 0 heterocycles. The van der Waals surface area contributed by atoms with Crippen LogP contribution in [0.2, 0.25) is 0 Å². The van der Waals surface area contributed by atoms with Gasteiger partial charge in [0, 0.05) is 0 Å². The summed E-state index contributed by atoms with van der Waals surface area (Å²) >= 11 is 0. The van der Waals surface area contributed by atoms with Gasteiger partial charge in [0.05, 0.1) is 26.4 Å². The number of nitrogens with one attached hydrogen (secondary N) is 1. The van der Waals surface area contributed by atoms with Gasteiger partial charge in [-0.1, -0.05) is 6.07 Å². The maximum atomic E-state index is 11.6. The van der Waals surface area contributed by atoms with Crippen LogP contribution in [0.25, 0.3) is 0 Å². The Morgan fingerprint density at radius 3 is 2.46 bits per heavy atom. The van der Waals surface area contributed by atoms with Gasteiger partial charge in [0.25, 0.3) is 0 Å². The number of rotatable bonds is 9. The summed E-state index contributed by atoms with van der Waals surface area (Å²) in [6, 6.07) is 4.01. The molecule has 24 heavy (non-hydrogen) atoms. The van der Waals surface area contributed by atoms with E-state index < -0.39 is 24.2 Å². The number of carbonyl (C=O) groups is 2. The zero-order valence-electron chi connectivity index (χ0n) is 13.9. The topological polar surface area (TPSA) is 114 Å². The number of carboxylic acids is 1. The lowest BCUT2D eigenvalue weighted by Crippen LogP contribution is -2.48. The number of ether oxygens (including phenoxy) is 3. The van der Waals surface area contributed by atoms with Gasteiger partial charge in [-0.25, -0.2) is 9.59 Å². The monoisotopic (exact) mass is 341 g/mol. The molecule has 1 aromatic rings. The molecule has 0 spiro atoms. The van der Waals surface area contributed by atoms with Crippen molar-refractivity contribution in [2.75, 3.05) is 20.3 Å². The third-order valence-corrected chi connectivity index (χ3v) is 3.20. The first-order valence-electron chi connectivity index (χ1n) is 7.56. The predicted octanol–water partition coefficient (Wildman–Crippen LogP) is 1.20. The number of carboxylic acid groups (broad SMARTS) is 1. The second-order valence-corrected chi connectivity index (χ2v) is 4.88. The second kappa shape index (κ2) is 9.61. The molecule has 2 atom stereocenters. The summed E-state index contributed by atoms with van der Waals surface area (Å²) in [5, 5.41) is 21.2.